The van der Waals surface area contributed by atoms with Crippen molar-refractivity contribution >= 4 is 0 Å². The predicted octanol–water partition coefficient (Wildman–Crippen LogP) is 3.10. The summed E-state index contributed by atoms with van der Waals surface area (Å²) in [7, 11) is 1.66. The van der Waals surface area contributed by atoms with Gasteiger partial charge in [0.05, 0.1) is 7.11 Å². The SMILES string of the molecule is COc1ccc(OCCNC(C)C(C)(C)C)cc1. The van der Waals surface area contributed by atoms with E-state index in [0.717, 1.165) is 18.0 Å². The topological polar surface area (TPSA) is 30.5 Å². The predicted molar refractivity (Wildman–Crippen MR) is 75.4 cm³/mol. The molecule has 0 radical (unpaired) electrons. The highest BCUT2D eigenvalue weighted by Crippen LogP contribution is 2.18. The van der Waals surface area contributed by atoms with Crippen LogP contribution in [0.25, 0.3) is 0 Å². The monoisotopic (exact) mass is 251 g/mol. The van der Waals surface area contributed by atoms with E-state index in [4.69, 9.17) is 9.47 Å². The molecule has 18 heavy (non-hydrogen) atoms. The molecule has 0 aliphatic carbocycles. The largest absolute Gasteiger partial charge is 0.497 e. The van der Waals surface area contributed by atoms with Crippen molar-refractivity contribution in [2.24, 2.45) is 5.41 Å². The first-order valence-electron chi connectivity index (χ1n) is 6.43. The molecule has 0 aromatic heterocycles. The van der Waals surface area contributed by atoms with Crippen LogP contribution in [-0.4, -0.2) is 26.3 Å². The van der Waals surface area contributed by atoms with Crippen molar-refractivity contribution < 1.29 is 9.47 Å². The van der Waals surface area contributed by atoms with E-state index >= 15 is 0 Å². The van der Waals surface area contributed by atoms with Crippen molar-refractivity contribution in [3.63, 3.8) is 0 Å². The Kier molecular flexibility index (Phi) is 5.48. The maximum atomic E-state index is 5.65. The zero-order valence-corrected chi connectivity index (χ0v) is 12.1. The van der Waals surface area contributed by atoms with E-state index in [2.05, 4.69) is 33.0 Å². The summed E-state index contributed by atoms with van der Waals surface area (Å²) < 4.78 is 10.7. The molecule has 0 spiro atoms. The normalized spacial score (nSPS) is 13.2. The van der Waals surface area contributed by atoms with E-state index in [1.165, 1.54) is 0 Å². The van der Waals surface area contributed by atoms with Crippen LogP contribution in [0.3, 0.4) is 0 Å². The van der Waals surface area contributed by atoms with E-state index in [1.807, 2.05) is 24.3 Å². The summed E-state index contributed by atoms with van der Waals surface area (Å²) in [6.45, 7) is 10.4. The lowest BCUT2D eigenvalue weighted by atomic mass is 9.88. The molecule has 0 saturated carbocycles. The highest BCUT2D eigenvalue weighted by molar-refractivity contribution is 5.31. The summed E-state index contributed by atoms with van der Waals surface area (Å²) in [4.78, 5) is 0. The van der Waals surface area contributed by atoms with Gasteiger partial charge < -0.3 is 14.8 Å². The average Bonchev–Trinajstić information content (AvgIpc) is 2.34. The van der Waals surface area contributed by atoms with Gasteiger partial charge >= 0.3 is 0 Å². The smallest absolute Gasteiger partial charge is 0.119 e. The number of rotatable bonds is 6. The van der Waals surface area contributed by atoms with E-state index in [-0.39, 0.29) is 5.41 Å². The Bertz CT molecular complexity index is 341. The molecule has 3 nitrogen and oxygen atoms in total. The van der Waals surface area contributed by atoms with Gasteiger partial charge in [0.2, 0.25) is 0 Å². The van der Waals surface area contributed by atoms with Crippen LogP contribution in [-0.2, 0) is 0 Å². The lowest BCUT2D eigenvalue weighted by Crippen LogP contribution is -2.39. The van der Waals surface area contributed by atoms with Crippen LogP contribution in [0.1, 0.15) is 27.7 Å². The van der Waals surface area contributed by atoms with Gasteiger partial charge in [0.1, 0.15) is 18.1 Å². The molecule has 0 aliphatic rings. The molecule has 0 aliphatic heterocycles. The second-order valence-corrected chi connectivity index (χ2v) is 5.57. The fourth-order valence-electron chi connectivity index (χ4n) is 1.42. The third kappa shape index (κ3) is 4.96. The minimum absolute atomic E-state index is 0.278. The van der Waals surface area contributed by atoms with Crippen molar-refractivity contribution in [3.05, 3.63) is 24.3 Å². The molecular formula is C15H25NO2. The van der Waals surface area contributed by atoms with Crippen LogP contribution in [0.15, 0.2) is 24.3 Å². The Hall–Kier alpha value is -1.22. The molecule has 1 aromatic rings. The number of benzene rings is 1. The standard InChI is InChI=1S/C15H25NO2/c1-12(15(2,3)4)16-10-11-18-14-8-6-13(17-5)7-9-14/h6-9,12,16H,10-11H2,1-5H3. The molecule has 0 saturated heterocycles. The first-order chi connectivity index (χ1) is 8.43. The minimum atomic E-state index is 0.278. The van der Waals surface area contributed by atoms with Gasteiger partial charge in [-0.15, -0.1) is 0 Å². The Morgan fingerprint density at radius 2 is 1.67 bits per heavy atom. The Morgan fingerprint density at radius 1 is 1.11 bits per heavy atom. The second-order valence-electron chi connectivity index (χ2n) is 5.57. The van der Waals surface area contributed by atoms with E-state index in [1.54, 1.807) is 7.11 Å². The molecule has 3 heteroatoms. The summed E-state index contributed by atoms with van der Waals surface area (Å²) in [6, 6.07) is 8.12. The zero-order valence-electron chi connectivity index (χ0n) is 12.1. The minimum Gasteiger partial charge on any atom is -0.497 e. The van der Waals surface area contributed by atoms with Gasteiger partial charge in [-0.05, 0) is 36.6 Å². The van der Waals surface area contributed by atoms with Gasteiger partial charge in [-0.25, -0.2) is 0 Å². The van der Waals surface area contributed by atoms with Crippen LogP contribution in [0.4, 0.5) is 0 Å². The van der Waals surface area contributed by atoms with E-state index < -0.39 is 0 Å². The lowest BCUT2D eigenvalue weighted by molar-refractivity contribution is 0.254. The Labute approximate surface area is 110 Å². The molecule has 102 valence electrons. The fraction of sp³-hybridized carbons (Fsp3) is 0.600. The van der Waals surface area contributed by atoms with Crippen LogP contribution in [0, 0.1) is 5.41 Å². The van der Waals surface area contributed by atoms with Crippen molar-refractivity contribution in [2.75, 3.05) is 20.3 Å². The Balaban J connectivity index is 2.25. The summed E-state index contributed by atoms with van der Waals surface area (Å²) in [5.74, 6) is 1.72. The first kappa shape index (κ1) is 14.8. The maximum Gasteiger partial charge on any atom is 0.119 e. The van der Waals surface area contributed by atoms with Gasteiger partial charge in [0.25, 0.3) is 0 Å². The molecule has 0 amide bonds. The zero-order chi connectivity index (χ0) is 13.6. The number of ether oxygens (including phenoxy) is 2. The van der Waals surface area contributed by atoms with Crippen LogP contribution >= 0.6 is 0 Å². The van der Waals surface area contributed by atoms with Crippen molar-refractivity contribution in [1.82, 2.24) is 5.32 Å². The quantitative estimate of drug-likeness (QED) is 0.788. The lowest BCUT2D eigenvalue weighted by Gasteiger charge is -2.28. The van der Waals surface area contributed by atoms with E-state index in [0.29, 0.717) is 12.6 Å². The van der Waals surface area contributed by atoms with Crippen molar-refractivity contribution in [3.8, 4) is 11.5 Å². The molecule has 1 N–H and O–H groups in total. The Morgan fingerprint density at radius 3 is 2.17 bits per heavy atom. The molecule has 1 rings (SSSR count). The molecule has 1 aromatic carbocycles. The summed E-state index contributed by atoms with van der Waals surface area (Å²) >= 11 is 0. The fourth-order valence-corrected chi connectivity index (χ4v) is 1.42. The van der Waals surface area contributed by atoms with Gasteiger partial charge in [-0.2, -0.15) is 0 Å². The van der Waals surface area contributed by atoms with Crippen molar-refractivity contribution in [1.29, 1.82) is 0 Å². The average molecular weight is 251 g/mol. The molecule has 1 unspecified atom stereocenters. The molecule has 1 atom stereocenters. The van der Waals surface area contributed by atoms with Gasteiger partial charge in [0.15, 0.2) is 0 Å². The maximum absolute atomic E-state index is 5.65. The molecule has 0 heterocycles. The highest BCUT2D eigenvalue weighted by Gasteiger charge is 2.18. The third-order valence-electron chi connectivity index (χ3n) is 3.18. The van der Waals surface area contributed by atoms with Gasteiger partial charge in [-0.3, -0.25) is 0 Å². The van der Waals surface area contributed by atoms with E-state index in [9.17, 15) is 0 Å². The third-order valence-corrected chi connectivity index (χ3v) is 3.18. The number of methoxy groups -OCH3 is 1. The van der Waals surface area contributed by atoms with Gasteiger partial charge in [-0.1, -0.05) is 20.8 Å². The molecule has 0 fully saturated rings. The molecule has 0 bridgehead atoms. The van der Waals surface area contributed by atoms with Crippen LogP contribution in [0.2, 0.25) is 0 Å². The van der Waals surface area contributed by atoms with Crippen LogP contribution < -0.4 is 14.8 Å². The number of hydrogen-bond acceptors (Lipinski definition) is 3. The van der Waals surface area contributed by atoms with Gasteiger partial charge in [0, 0.05) is 12.6 Å². The number of hydrogen-bond donors (Lipinski definition) is 1. The molecular weight excluding hydrogens is 226 g/mol. The highest BCUT2D eigenvalue weighted by atomic mass is 16.5. The second kappa shape index (κ2) is 6.64. The summed E-state index contributed by atoms with van der Waals surface area (Å²) in [6.07, 6.45) is 0. The first-order valence-corrected chi connectivity index (χ1v) is 6.43. The summed E-state index contributed by atoms with van der Waals surface area (Å²) in [5, 5.41) is 3.47. The van der Waals surface area contributed by atoms with Crippen molar-refractivity contribution in [2.45, 2.75) is 33.7 Å². The van der Waals surface area contributed by atoms with Crippen LogP contribution in [0.5, 0.6) is 11.5 Å². The number of nitrogens with one attached hydrogen (secondary N) is 1. The summed E-state index contributed by atoms with van der Waals surface area (Å²) in [5.41, 5.74) is 0.278.